The average molecular weight is 288 g/mol. The lowest BCUT2D eigenvalue weighted by molar-refractivity contribution is 0.472. The predicted octanol–water partition coefficient (Wildman–Crippen LogP) is 3.16. The highest BCUT2D eigenvalue weighted by molar-refractivity contribution is 5.39. The van der Waals surface area contributed by atoms with E-state index in [1.807, 2.05) is 12.4 Å². The standard InChI is InChI=1S/C17H28N4/c1-13(2)18-10-15-11-20-16(12-19-15)21-8-6-14(7-9-21)17(3,4)5/h6,11-13,18H,7-10H2,1-5H3. The van der Waals surface area contributed by atoms with Gasteiger partial charge in [0.25, 0.3) is 0 Å². The third kappa shape index (κ3) is 4.53. The summed E-state index contributed by atoms with van der Waals surface area (Å²) >= 11 is 0. The molecular weight excluding hydrogens is 260 g/mol. The molecule has 1 N–H and O–H groups in total. The fraction of sp³-hybridized carbons (Fsp3) is 0.647. The largest absolute Gasteiger partial charge is 0.351 e. The molecule has 1 aliphatic heterocycles. The van der Waals surface area contributed by atoms with Crippen LogP contribution >= 0.6 is 0 Å². The van der Waals surface area contributed by atoms with Crippen LogP contribution in [0.1, 0.15) is 46.7 Å². The van der Waals surface area contributed by atoms with E-state index in [1.165, 1.54) is 0 Å². The summed E-state index contributed by atoms with van der Waals surface area (Å²) in [4.78, 5) is 11.4. The van der Waals surface area contributed by atoms with Crippen LogP contribution in [0.3, 0.4) is 0 Å². The number of hydrogen-bond donors (Lipinski definition) is 1. The van der Waals surface area contributed by atoms with Crippen molar-refractivity contribution >= 4 is 5.82 Å². The number of rotatable bonds is 4. The van der Waals surface area contributed by atoms with Crippen molar-refractivity contribution in [1.29, 1.82) is 0 Å². The topological polar surface area (TPSA) is 41.1 Å². The Morgan fingerprint density at radius 1 is 1.24 bits per heavy atom. The smallest absolute Gasteiger partial charge is 0.147 e. The SMILES string of the molecule is CC(C)NCc1cnc(N2CC=C(C(C)(C)C)CC2)cn1. The van der Waals surface area contributed by atoms with Crippen molar-refractivity contribution in [2.75, 3.05) is 18.0 Å². The van der Waals surface area contributed by atoms with Crippen molar-refractivity contribution in [2.45, 2.75) is 53.6 Å². The molecule has 4 heteroatoms. The maximum atomic E-state index is 4.56. The normalized spacial score (nSPS) is 16.3. The molecule has 0 saturated carbocycles. The summed E-state index contributed by atoms with van der Waals surface area (Å²) in [6.07, 6.45) is 7.24. The van der Waals surface area contributed by atoms with Crippen molar-refractivity contribution in [1.82, 2.24) is 15.3 Å². The lowest BCUT2D eigenvalue weighted by Crippen LogP contribution is -2.32. The van der Waals surface area contributed by atoms with E-state index in [9.17, 15) is 0 Å². The molecule has 0 amide bonds. The third-order valence-corrected chi connectivity index (χ3v) is 3.88. The van der Waals surface area contributed by atoms with Crippen molar-refractivity contribution in [2.24, 2.45) is 5.41 Å². The van der Waals surface area contributed by atoms with Crippen LogP contribution in [0.4, 0.5) is 5.82 Å². The molecule has 0 radical (unpaired) electrons. The molecule has 1 aromatic rings. The zero-order valence-electron chi connectivity index (χ0n) is 14.0. The van der Waals surface area contributed by atoms with Gasteiger partial charge in [0.2, 0.25) is 0 Å². The fourth-order valence-corrected chi connectivity index (χ4v) is 2.47. The predicted molar refractivity (Wildman–Crippen MR) is 88.4 cm³/mol. The fourth-order valence-electron chi connectivity index (χ4n) is 2.47. The molecule has 1 aliphatic rings. The average Bonchev–Trinajstić information content (AvgIpc) is 2.45. The Morgan fingerprint density at radius 2 is 2.00 bits per heavy atom. The summed E-state index contributed by atoms with van der Waals surface area (Å²) in [5.74, 6) is 0.979. The van der Waals surface area contributed by atoms with Gasteiger partial charge >= 0.3 is 0 Å². The Bertz CT molecular complexity index is 483. The summed E-state index contributed by atoms with van der Waals surface area (Å²) < 4.78 is 0. The summed E-state index contributed by atoms with van der Waals surface area (Å²) in [5.41, 5.74) is 2.82. The van der Waals surface area contributed by atoms with E-state index in [2.05, 4.69) is 60.9 Å². The van der Waals surface area contributed by atoms with Crippen LogP contribution in [-0.4, -0.2) is 29.1 Å². The summed E-state index contributed by atoms with van der Waals surface area (Å²) in [6, 6.07) is 0.467. The van der Waals surface area contributed by atoms with E-state index < -0.39 is 0 Å². The highest BCUT2D eigenvalue weighted by atomic mass is 15.2. The molecule has 21 heavy (non-hydrogen) atoms. The second-order valence-corrected chi connectivity index (χ2v) is 7.08. The van der Waals surface area contributed by atoms with Gasteiger partial charge < -0.3 is 10.2 Å². The van der Waals surface area contributed by atoms with Crippen molar-refractivity contribution in [3.8, 4) is 0 Å². The van der Waals surface area contributed by atoms with E-state index in [0.717, 1.165) is 37.6 Å². The molecule has 0 spiro atoms. The monoisotopic (exact) mass is 288 g/mol. The van der Waals surface area contributed by atoms with Crippen LogP contribution in [0.5, 0.6) is 0 Å². The van der Waals surface area contributed by atoms with E-state index in [1.54, 1.807) is 5.57 Å². The molecular formula is C17H28N4. The molecule has 1 aromatic heterocycles. The first kappa shape index (κ1) is 16.0. The molecule has 4 nitrogen and oxygen atoms in total. The first-order valence-electron chi connectivity index (χ1n) is 7.85. The van der Waals surface area contributed by atoms with Gasteiger partial charge in [0.1, 0.15) is 5.82 Å². The van der Waals surface area contributed by atoms with E-state index in [4.69, 9.17) is 0 Å². The van der Waals surface area contributed by atoms with Crippen molar-refractivity contribution < 1.29 is 0 Å². The molecule has 0 fully saturated rings. The van der Waals surface area contributed by atoms with Gasteiger partial charge in [-0.3, -0.25) is 4.98 Å². The van der Waals surface area contributed by atoms with E-state index in [-0.39, 0.29) is 5.41 Å². The lowest BCUT2D eigenvalue weighted by Gasteiger charge is -2.32. The van der Waals surface area contributed by atoms with Crippen LogP contribution < -0.4 is 10.2 Å². The molecule has 116 valence electrons. The number of aromatic nitrogens is 2. The van der Waals surface area contributed by atoms with Crippen LogP contribution in [0.15, 0.2) is 24.0 Å². The van der Waals surface area contributed by atoms with Gasteiger partial charge in [-0.2, -0.15) is 0 Å². The first-order valence-corrected chi connectivity index (χ1v) is 7.85. The molecule has 2 rings (SSSR count). The van der Waals surface area contributed by atoms with Crippen molar-refractivity contribution in [3.63, 3.8) is 0 Å². The number of hydrogen-bond acceptors (Lipinski definition) is 4. The minimum Gasteiger partial charge on any atom is -0.351 e. The quantitative estimate of drug-likeness (QED) is 0.864. The second kappa shape index (κ2) is 6.56. The van der Waals surface area contributed by atoms with Gasteiger partial charge in [-0.1, -0.05) is 46.3 Å². The van der Waals surface area contributed by atoms with Gasteiger partial charge in [-0.15, -0.1) is 0 Å². The molecule has 2 heterocycles. The highest BCUT2D eigenvalue weighted by Crippen LogP contribution is 2.30. The minimum atomic E-state index is 0.282. The Morgan fingerprint density at radius 3 is 2.48 bits per heavy atom. The summed E-state index contributed by atoms with van der Waals surface area (Å²) in [6.45, 7) is 13.9. The van der Waals surface area contributed by atoms with Crippen LogP contribution in [-0.2, 0) is 6.54 Å². The van der Waals surface area contributed by atoms with Gasteiger partial charge in [0.05, 0.1) is 18.1 Å². The van der Waals surface area contributed by atoms with Crippen molar-refractivity contribution in [3.05, 3.63) is 29.7 Å². The molecule has 0 atom stereocenters. The first-order chi connectivity index (χ1) is 9.86. The van der Waals surface area contributed by atoms with Gasteiger partial charge in [-0.25, -0.2) is 4.98 Å². The zero-order valence-corrected chi connectivity index (χ0v) is 14.0. The second-order valence-electron chi connectivity index (χ2n) is 7.08. The summed E-state index contributed by atoms with van der Waals surface area (Å²) in [5, 5.41) is 3.36. The molecule has 0 aromatic carbocycles. The Balaban J connectivity index is 1.96. The maximum absolute atomic E-state index is 4.56. The zero-order chi connectivity index (χ0) is 15.5. The number of nitrogens with one attached hydrogen (secondary N) is 1. The Labute approximate surface area is 128 Å². The molecule has 0 aliphatic carbocycles. The number of nitrogens with zero attached hydrogens (tertiary/aromatic N) is 3. The Hall–Kier alpha value is -1.42. The lowest BCUT2D eigenvalue weighted by atomic mass is 9.83. The van der Waals surface area contributed by atoms with Crippen LogP contribution in [0.25, 0.3) is 0 Å². The Kier molecular flexibility index (Phi) is 4.99. The van der Waals surface area contributed by atoms with E-state index in [0.29, 0.717) is 6.04 Å². The number of anilines is 1. The van der Waals surface area contributed by atoms with Gasteiger partial charge in [-0.05, 0) is 11.8 Å². The molecule has 0 saturated heterocycles. The minimum absolute atomic E-state index is 0.282. The van der Waals surface area contributed by atoms with E-state index >= 15 is 0 Å². The maximum Gasteiger partial charge on any atom is 0.147 e. The highest BCUT2D eigenvalue weighted by Gasteiger charge is 2.21. The third-order valence-electron chi connectivity index (χ3n) is 3.88. The van der Waals surface area contributed by atoms with Gasteiger partial charge in [0, 0.05) is 25.7 Å². The molecule has 0 bridgehead atoms. The van der Waals surface area contributed by atoms with Crippen LogP contribution in [0.2, 0.25) is 0 Å². The summed E-state index contributed by atoms with van der Waals surface area (Å²) in [7, 11) is 0. The van der Waals surface area contributed by atoms with Crippen LogP contribution in [0, 0.1) is 5.41 Å². The molecule has 0 unspecified atom stereocenters. The van der Waals surface area contributed by atoms with Gasteiger partial charge in [0.15, 0.2) is 0 Å².